The zero-order valence-electron chi connectivity index (χ0n) is 10.9. The first-order valence-corrected chi connectivity index (χ1v) is 8.66. The van der Waals surface area contributed by atoms with Gasteiger partial charge in [0.1, 0.15) is 6.04 Å². The number of aliphatic carboxylic acids is 1. The third kappa shape index (κ3) is 3.20. The predicted molar refractivity (Wildman–Crippen MR) is 77.6 cm³/mol. The lowest BCUT2D eigenvalue weighted by molar-refractivity contribution is -0.140. The Morgan fingerprint density at radius 3 is 2.43 bits per heavy atom. The summed E-state index contributed by atoms with van der Waals surface area (Å²) in [5.41, 5.74) is 5.29. The van der Waals surface area contributed by atoms with Crippen molar-refractivity contribution < 1.29 is 23.1 Å². The van der Waals surface area contributed by atoms with Crippen LogP contribution in [0.15, 0.2) is 29.2 Å². The summed E-state index contributed by atoms with van der Waals surface area (Å²) in [7, 11) is -3.91. The Balaban J connectivity index is 2.35. The molecule has 0 saturated carbocycles. The first-order valence-electron chi connectivity index (χ1n) is 6.06. The van der Waals surface area contributed by atoms with Gasteiger partial charge < -0.3 is 10.8 Å². The van der Waals surface area contributed by atoms with Gasteiger partial charge in [0.2, 0.25) is 15.9 Å². The van der Waals surface area contributed by atoms with Crippen molar-refractivity contribution in [2.24, 2.45) is 5.73 Å². The van der Waals surface area contributed by atoms with Crippen LogP contribution in [0.1, 0.15) is 10.4 Å². The van der Waals surface area contributed by atoms with E-state index in [2.05, 4.69) is 0 Å². The zero-order valence-corrected chi connectivity index (χ0v) is 12.6. The number of carboxylic acid groups (broad SMARTS) is 1. The number of benzene rings is 1. The molecule has 1 unspecified atom stereocenters. The van der Waals surface area contributed by atoms with E-state index in [1.54, 1.807) is 0 Å². The molecule has 21 heavy (non-hydrogen) atoms. The molecule has 1 aromatic carbocycles. The van der Waals surface area contributed by atoms with Gasteiger partial charge in [-0.25, -0.2) is 8.42 Å². The highest BCUT2D eigenvalue weighted by Gasteiger charge is 2.37. The van der Waals surface area contributed by atoms with E-state index in [4.69, 9.17) is 10.8 Å². The van der Waals surface area contributed by atoms with Gasteiger partial charge in [-0.3, -0.25) is 9.59 Å². The van der Waals surface area contributed by atoms with Gasteiger partial charge in [0, 0.05) is 23.6 Å². The Kier molecular flexibility index (Phi) is 4.55. The van der Waals surface area contributed by atoms with E-state index in [0.29, 0.717) is 5.75 Å². The number of carboxylic acids is 1. The Morgan fingerprint density at radius 2 is 1.90 bits per heavy atom. The molecule has 0 bridgehead atoms. The van der Waals surface area contributed by atoms with Crippen molar-refractivity contribution >= 4 is 33.7 Å². The van der Waals surface area contributed by atoms with E-state index in [1.807, 2.05) is 0 Å². The third-order valence-electron chi connectivity index (χ3n) is 3.11. The van der Waals surface area contributed by atoms with E-state index in [-0.39, 0.29) is 22.8 Å². The van der Waals surface area contributed by atoms with E-state index in [9.17, 15) is 18.0 Å². The molecule has 1 aliphatic rings. The van der Waals surface area contributed by atoms with Gasteiger partial charge in [-0.05, 0) is 24.3 Å². The lowest BCUT2D eigenvalue weighted by atomic mass is 10.2. The van der Waals surface area contributed by atoms with Gasteiger partial charge in [-0.2, -0.15) is 16.1 Å². The van der Waals surface area contributed by atoms with Crippen molar-refractivity contribution in [3.05, 3.63) is 29.8 Å². The lowest BCUT2D eigenvalue weighted by Crippen LogP contribution is -2.50. The normalized spacial score (nSPS) is 20.1. The smallest absolute Gasteiger partial charge is 0.322 e. The first-order chi connectivity index (χ1) is 9.84. The fourth-order valence-corrected chi connectivity index (χ4v) is 4.83. The van der Waals surface area contributed by atoms with Crippen LogP contribution in [-0.2, 0) is 14.8 Å². The number of hydrogen-bond donors (Lipinski definition) is 2. The number of nitrogens with zero attached hydrogens (tertiary/aromatic N) is 1. The summed E-state index contributed by atoms with van der Waals surface area (Å²) in [6.07, 6.45) is 0. The van der Waals surface area contributed by atoms with Crippen LogP contribution in [0.5, 0.6) is 0 Å². The summed E-state index contributed by atoms with van der Waals surface area (Å²) in [4.78, 5) is 22.1. The molecular weight excluding hydrogens is 316 g/mol. The summed E-state index contributed by atoms with van der Waals surface area (Å²) < 4.78 is 26.0. The summed E-state index contributed by atoms with van der Waals surface area (Å²) in [6.45, 7) is 0.140. The maximum absolute atomic E-state index is 12.5. The largest absolute Gasteiger partial charge is 0.480 e. The highest BCUT2D eigenvalue weighted by molar-refractivity contribution is 7.99. The van der Waals surface area contributed by atoms with E-state index < -0.39 is 27.9 Å². The number of rotatable bonds is 4. The maximum atomic E-state index is 12.5. The average Bonchev–Trinajstić information content (AvgIpc) is 2.47. The van der Waals surface area contributed by atoms with Crippen LogP contribution in [-0.4, -0.2) is 53.8 Å². The van der Waals surface area contributed by atoms with Crippen LogP contribution in [0.25, 0.3) is 0 Å². The molecule has 114 valence electrons. The minimum absolute atomic E-state index is 0.0503. The number of thioether (sulfide) groups is 1. The van der Waals surface area contributed by atoms with Crippen molar-refractivity contribution in [3.63, 3.8) is 0 Å². The van der Waals surface area contributed by atoms with Crippen LogP contribution in [0.2, 0.25) is 0 Å². The number of carbonyl (C=O) groups is 2. The van der Waals surface area contributed by atoms with Gasteiger partial charge in [0.25, 0.3) is 0 Å². The summed E-state index contributed by atoms with van der Waals surface area (Å²) in [6, 6.07) is 4.06. The highest BCUT2D eigenvalue weighted by Crippen LogP contribution is 2.25. The molecule has 7 nitrogen and oxygen atoms in total. The van der Waals surface area contributed by atoms with Gasteiger partial charge >= 0.3 is 5.97 Å². The monoisotopic (exact) mass is 330 g/mol. The molecule has 9 heteroatoms. The van der Waals surface area contributed by atoms with Crippen molar-refractivity contribution in [1.29, 1.82) is 0 Å². The second-order valence-corrected chi connectivity index (χ2v) is 7.47. The van der Waals surface area contributed by atoms with Gasteiger partial charge in [0.15, 0.2) is 0 Å². The maximum Gasteiger partial charge on any atom is 0.322 e. The third-order valence-corrected chi connectivity index (χ3v) is 6.05. The quantitative estimate of drug-likeness (QED) is 0.801. The predicted octanol–water partition coefficient (Wildman–Crippen LogP) is -0.0238. The number of hydrogen-bond acceptors (Lipinski definition) is 5. The highest BCUT2D eigenvalue weighted by atomic mass is 32.2. The van der Waals surface area contributed by atoms with Crippen molar-refractivity contribution in [1.82, 2.24) is 4.31 Å². The van der Waals surface area contributed by atoms with Crippen molar-refractivity contribution in [2.45, 2.75) is 10.9 Å². The Morgan fingerprint density at radius 1 is 1.29 bits per heavy atom. The Hall–Kier alpha value is -1.58. The molecule has 2 rings (SSSR count). The fourth-order valence-electron chi connectivity index (χ4n) is 2.00. The van der Waals surface area contributed by atoms with Crippen LogP contribution in [0.4, 0.5) is 0 Å². The molecule has 1 amide bonds. The summed E-state index contributed by atoms with van der Waals surface area (Å²) in [5.74, 6) is -1.06. The standard InChI is InChI=1S/C12H14N2O5S2/c13-11(15)8-1-3-9(4-2-8)21(18,19)14-5-6-20-7-10(14)12(16)17/h1-4,10H,5-7H2,(H2,13,15)(H,16,17). The second kappa shape index (κ2) is 6.04. The van der Waals surface area contributed by atoms with Crippen LogP contribution in [0.3, 0.4) is 0 Å². The fraction of sp³-hybridized carbons (Fsp3) is 0.333. The number of nitrogens with two attached hydrogens (primary N) is 1. The number of sulfonamides is 1. The van der Waals surface area contributed by atoms with Crippen LogP contribution in [0, 0.1) is 0 Å². The topological polar surface area (TPSA) is 118 Å². The van der Waals surface area contributed by atoms with Gasteiger partial charge in [-0.15, -0.1) is 0 Å². The average molecular weight is 330 g/mol. The molecule has 1 fully saturated rings. The van der Waals surface area contributed by atoms with E-state index in [0.717, 1.165) is 4.31 Å². The molecule has 0 aliphatic carbocycles. The van der Waals surface area contributed by atoms with Crippen LogP contribution >= 0.6 is 11.8 Å². The molecule has 0 spiro atoms. The Bertz CT molecular complexity index is 657. The van der Waals surface area contributed by atoms with Gasteiger partial charge in [-0.1, -0.05) is 0 Å². The molecule has 1 heterocycles. The Labute approximate surface area is 126 Å². The van der Waals surface area contributed by atoms with Crippen molar-refractivity contribution in [2.75, 3.05) is 18.1 Å². The van der Waals surface area contributed by atoms with Crippen molar-refractivity contribution in [3.8, 4) is 0 Å². The molecule has 1 atom stereocenters. The van der Waals surface area contributed by atoms with Gasteiger partial charge in [0.05, 0.1) is 4.90 Å². The molecule has 1 aliphatic heterocycles. The number of amides is 1. The number of carbonyl (C=O) groups excluding carboxylic acids is 1. The molecule has 1 aromatic rings. The van der Waals surface area contributed by atoms with Crippen LogP contribution < -0.4 is 5.73 Å². The first kappa shape index (κ1) is 15.8. The van der Waals surface area contributed by atoms with E-state index >= 15 is 0 Å². The molecule has 1 saturated heterocycles. The summed E-state index contributed by atoms with van der Waals surface area (Å²) >= 11 is 1.40. The SMILES string of the molecule is NC(=O)c1ccc(S(=O)(=O)N2CCSCC2C(=O)O)cc1. The molecule has 0 radical (unpaired) electrons. The lowest BCUT2D eigenvalue weighted by Gasteiger charge is -2.31. The molecular formula is C12H14N2O5S2. The minimum atomic E-state index is -3.91. The second-order valence-electron chi connectivity index (χ2n) is 4.43. The molecule has 0 aromatic heterocycles. The number of primary amides is 1. The van der Waals surface area contributed by atoms with E-state index in [1.165, 1.54) is 36.0 Å². The summed E-state index contributed by atoms with van der Waals surface area (Å²) in [5, 5.41) is 9.16. The minimum Gasteiger partial charge on any atom is -0.480 e. The zero-order chi connectivity index (χ0) is 15.6. The molecule has 3 N–H and O–H groups in total.